The van der Waals surface area contributed by atoms with Crippen LogP contribution < -0.4 is 15.8 Å². The van der Waals surface area contributed by atoms with Crippen molar-refractivity contribution >= 4 is 11.5 Å². The number of anilines is 2. The molecule has 0 aromatic carbocycles. The minimum atomic E-state index is 0.472. The molecular weight excluding hydrogens is 194 g/mol. The summed E-state index contributed by atoms with van der Waals surface area (Å²) < 4.78 is 10.2. The molecule has 1 aromatic heterocycles. The topological polar surface area (TPSA) is 69.4 Å². The van der Waals surface area contributed by atoms with Gasteiger partial charge < -0.3 is 20.5 Å². The number of ether oxygens (including phenoxy) is 2. The summed E-state index contributed by atoms with van der Waals surface area (Å²) in [5.74, 6) is 1.21. The number of methoxy groups -OCH3 is 1. The Bertz CT molecular complexity index is 305. The molecule has 3 N–H and O–H groups in total. The van der Waals surface area contributed by atoms with Crippen LogP contribution in [-0.4, -0.2) is 31.9 Å². The monoisotopic (exact) mass is 211 g/mol. The van der Waals surface area contributed by atoms with E-state index in [1.54, 1.807) is 13.2 Å². The molecule has 0 saturated heterocycles. The third-order valence-electron chi connectivity index (χ3n) is 1.78. The Kier molecular flexibility index (Phi) is 4.70. The van der Waals surface area contributed by atoms with E-state index in [-0.39, 0.29) is 0 Å². The van der Waals surface area contributed by atoms with Gasteiger partial charge in [0.25, 0.3) is 0 Å². The molecule has 5 nitrogen and oxygen atoms in total. The van der Waals surface area contributed by atoms with Crippen molar-refractivity contribution in [3.63, 3.8) is 0 Å². The smallest absolute Gasteiger partial charge is 0.239 e. The molecule has 0 aliphatic rings. The minimum Gasteiger partial charge on any atom is -0.476 e. The van der Waals surface area contributed by atoms with Crippen molar-refractivity contribution in [1.29, 1.82) is 0 Å². The lowest BCUT2D eigenvalue weighted by Crippen LogP contribution is -2.09. The Hall–Kier alpha value is -1.49. The van der Waals surface area contributed by atoms with E-state index in [2.05, 4.69) is 10.3 Å². The molecule has 0 amide bonds. The van der Waals surface area contributed by atoms with Crippen LogP contribution >= 0.6 is 0 Å². The highest BCUT2D eigenvalue weighted by Crippen LogP contribution is 2.20. The van der Waals surface area contributed by atoms with Crippen LogP contribution in [0.4, 0.5) is 11.5 Å². The van der Waals surface area contributed by atoms with Gasteiger partial charge in [-0.1, -0.05) is 0 Å². The van der Waals surface area contributed by atoms with Gasteiger partial charge in [-0.15, -0.1) is 0 Å². The molecule has 1 rings (SSSR count). The predicted molar refractivity (Wildman–Crippen MR) is 60.2 cm³/mol. The van der Waals surface area contributed by atoms with Crippen LogP contribution in [0.25, 0.3) is 0 Å². The molecule has 0 unspecified atom stereocenters. The number of rotatable bonds is 6. The average Bonchev–Trinajstić information content (AvgIpc) is 2.23. The molecule has 0 spiro atoms. The van der Waals surface area contributed by atoms with Gasteiger partial charge in [0.15, 0.2) is 0 Å². The number of nitrogens with one attached hydrogen (secondary N) is 1. The zero-order chi connectivity index (χ0) is 11.1. The molecule has 0 radical (unpaired) electrons. The summed E-state index contributed by atoms with van der Waals surface area (Å²) in [5.41, 5.74) is 6.24. The third kappa shape index (κ3) is 3.63. The number of pyridine rings is 1. The van der Waals surface area contributed by atoms with Gasteiger partial charge in [-0.05, 0) is 19.1 Å². The highest BCUT2D eigenvalue weighted by molar-refractivity contribution is 5.53. The van der Waals surface area contributed by atoms with Gasteiger partial charge in [-0.25, -0.2) is 0 Å². The summed E-state index contributed by atoms with van der Waals surface area (Å²) >= 11 is 0. The highest BCUT2D eigenvalue weighted by atomic mass is 16.5. The summed E-state index contributed by atoms with van der Waals surface area (Å²) in [4.78, 5) is 4.22. The van der Waals surface area contributed by atoms with E-state index in [9.17, 15) is 0 Å². The first-order valence-electron chi connectivity index (χ1n) is 4.90. The summed E-state index contributed by atoms with van der Waals surface area (Å²) in [5, 5.41) is 3.10. The van der Waals surface area contributed by atoms with E-state index >= 15 is 0 Å². The zero-order valence-corrected chi connectivity index (χ0v) is 9.12. The number of aromatic nitrogens is 1. The molecule has 1 heterocycles. The summed E-state index contributed by atoms with van der Waals surface area (Å²) in [7, 11) is 1.66. The first kappa shape index (κ1) is 11.6. The van der Waals surface area contributed by atoms with Crippen LogP contribution in [0.2, 0.25) is 0 Å². The van der Waals surface area contributed by atoms with Crippen molar-refractivity contribution < 1.29 is 9.47 Å². The third-order valence-corrected chi connectivity index (χ3v) is 1.78. The van der Waals surface area contributed by atoms with Gasteiger partial charge >= 0.3 is 0 Å². The van der Waals surface area contributed by atoms with Crippen LogP contribution in [0, 0.1) is 0 Å². The zero-order valence-electron chi connectivity index (χ0n) is 9.12. The van der Waals surface area contributed by atoms with Crippen molar-refractivity contribution in [3.05, 3.63) is 12.1 Å². The Morgan fingerprint density at radius 2 is 2.27 bits per heavy atom. The van der Waals surface area contributed by atoms with Gasteiger partial charge in [0.1, 0.15) is 5.82 Å². The normalized spacial score (nSPS) is 10.0. The maximum absolute atomic E-state index is 5.69. The van der Waals surface area contributed by atoms with Crippen LogP contribution in [0.3, 0.4) is 0 Å². The van der Waals surface area contributed by atoms with Gasteiger partial charge in [0.05, 0.1) is 18.9 Å². The highest BCUT2D eigenvalue weighted by Gasteiger charge is 2.02. The maximum atomic E-state index is 5.69. The molecule has 84 valence electrons. The van der Waals surface area contributed by atoms with E-state index in [0.29, 0.717) is 31.3 Å². The van der Waals surface area contributed by atoms with Crippen molar-refractivity contribution in [2.24, 2.45) is 0 Å². The number of hydrogen-bond donors (Lipinski definition) is 2. The van der Waals surface area contributed by atoms with Crippen molar-refractivity contribution in [1.82, 2.24) is 4.98 Å². The van der Waals surface area contributed by atoms with E-state index in [0.717, 1.165) is 5.82 Å². The van der Waals surface area contributed by atoms with Crippen molar-refractivity contribution in [2.45, 2.75) is 6.92 Å². The van der Waals surface area contributed by atoms with Crippen LogP contribution in [-0.2, 0) is 4.74 Å². The average molecular weight is 211 g/mol. The summed E-state index contributed by atoms with van der Waals surface area (Å²) in [6.45, 7) is 3.79. The van der Waals surface area contributed by atoms with E-state index in [1.165, 1.54) is 0 Å². The second kappa shape index (κ2) is 6.08. The lowest BCUT2D eigenvalue weighted by molar-refractivity contribution is 0.210. The maximum Gasteiger partial charge on any atom is 0.239 e. The summed E-state index contributed by atoms with van der Waals surface area (Å²) in [6, 6.07) is 3.58. The Morgan fingerprint density at radius 1 is 1.47 bits per heavy atom. The number of nitrogens with two attached hydrogens (primary N) is 1. The Balaban J connectivity index is 2.61. The molecule has 0 aliphatic carbocycles. The van der Waals surface area contributed by atoms with Gasteiger partial charge in [-0.3, -0.25) is 0 Å². The van der Waals surface area contributed by atoms with E-state index in [4.69, 9.17) is 15.2 Å². The molecule has 1 aromatic rings. The molecular formula is C10H17N3O2. The lowest BCUT2D eigenvalue weighted by atomic mass is 10.4. The first-order chi connectivity index (χ1) is 7.27. The quantitative estimate of drug-likeness (QED) is 0.690. The second-order valence-electron chi connectivity index (χ2n) is 2.94. The fourth-order valence-electron chi connectivity index (χ4n) is 1.08. The van der Waals surface area contributed by atoms with Gasteiger partial charge in [0, 0.05) is 13.7 Å². The standard InChI is InChI=1S/C10H17N3O2/c1-3-15-10-8(11)4-5-9(13-10)12-6-7-14-2/h4-5H,3,6-7,11H2,1-2H3,(H,12,13). The van der Waals surface area contributed by atoms with Gasteiger partial charge in [0.2, 0.25) is 5.88 Å². The molecule has 5 heteroatoms. The second-order valence-corrected chi connectivity index (χ2v) is 2.94. The SMILES string of the molecule is CCOc1nc(NCCOC)ccc1N. The van der Waals surface area contributed by atoms with Crippen LogP contribution in [0.5, 0.6) is 5.88 Å². The summed E-state index contributed by atoms with van der Waals surface area (Å²) in [6.07, 6.45) is 0. The lowest BCUT2D eigenvalue weighted by Gasteiger charge is -2.09. The fourth-order valence-corrected chi connectivity index (χ4v) is 1.08. The van der Waals surface area contributed by atoms with Gasteiger partial charge in [-0.2, -0.15) is 4.98 Å². The van der Waals surface area contributed by atoms with E-state index in [1.807, 2.05) is 13.0 Å². The minimum absolute atomic E-state index is 0.472. The Labute approximate surface area is 89.6 Å². The van der Waals surface area contributed by atoms with Crippen LogP contribution in [0.15, 0.2) is 12.1 Å². The first-order valence-corrected chi connectivity index (χ1v) is 4.90. The predicted octanol–water partition coefficient (Wildman–Crippen LogP) is 1.12. The van der Waals surface area contributed by atoms with Crippen LogP contribution in [0.1, 0.15) is 6.92 Å². The molecule has 0 bridgehead atoms. The van der Waals surface area contributed by atoms with E-state index < -0.39 is 0 Å². The van der Waals surface area contributed by atoms with Crippen molar-refractivity contribution in [3.8, 4) is 5.88 Å². The fraction of sp³-hybridized carbons (Fsp3) is 0.500. The number of nitrogen functional groups attached to an aromatic ring is 1. The largest absolute Gasteiger partial charge is 0.476 e. The number of nitrogens with zero attached hydrogens (tertiary/aromatic N) is 1. The molecule has 15 heavy (non-hydrogen) atoms. The Morgan fingerprint density at radius 3 is 2.93 bits per heavy atom. The van der Waals surface area contributed by atoms with Crippen molar-refractivity contribution in [2.75, 3.05) is 37.9 Å². The molecule has 0 aliphatic heterocycles. The molecule has 0 saturated carbocycles. The molecule has 0 atom stereocenters. The number of hydrogen-bond acceptors (Lipinski definition) is 5. The molecule has 0 fully saturated rings.